The van der Waals surface area contributed by atoms with E-state index in [1.54, 1.807) is 20.3 Å². The number of urea groups is 1. The molecule has 0 aliphatic carbocycles. The van der Waals surface area contributed by atoms with Crippen LogP contribution < -0.4 is 20.1 Å². The van der Waals surface area contributed by atoms with Crippen LogP contribution in [-0.2, 0) is 12.8 Å². The van der Waals surface area contributed by atoms with Crippen molar-refractivity contribution in [3.63, 3.8) is 0 Å². The Kier molecular flexibility index (Phi) is 7.07. The van der Waals surface area contributed by atoms with Gasteiger partial charge in [-0.25, -0.2) is 9.18 Å². The fourth-order valence-corrected chi connectivity index (χ4v) is 2.43. The lowest BCUT2D eigenvalue weighted by molar-refractivity contribution is 0.241. The van der Waals surface area contributed by atoms with E-state index < -0.39 is 0 Å². The predicted molar refractivity (Wildman–Crippen MR) is 94.8 cm³/mol. The number of carbonyl (C=O) groups excluding carboxylic acids is 1. The summed E-state index contributed by atoms with van der Waals surface area (Å²) in [5.74, 6) is 1.07. The summed E-state index contributed by atoms with van der Waals surface area (Å²) in [7, 11) is 3.18. The molecule has 0 aromatic heterocycles. The first kappa shape index (κ1) is 18.6. The molecule has 0 atom stereocenters. The molecule has 134 valence electrons. The molecule has 5 nitrogen and oxygen atoms in total. The van der Waals surface area contributed by atoms with Crippen molar-refractivity contribution < 1.29 is 18.7 Å². The Morgan fingerprint density at radius 2 is 1.56 bits per heavy atom. The number of nitrogens with one attached hydrogen (secondary N) is 2. The first-order chi connectivity index (χ1) is 12.1. The van der Waals surface area contributed by atoms with Crippen LogP contribution in [0.1, 0.15) is 11.1 Å². The Labute approximate surface area is 147 Å². The predicted octanol–water partition coefficient (Wildman–Crippen LogP) is 2.93. The summed E-state index contributed by atoms with van der Waals surface area (Å²) >= 11 is 0. The Bertz CT molecular complexity index is 707. The average Bonchev–Trinajstić information content (AvgIpc) is 2.61. The molecular weight excluding hydrogens is 323 g/mol. The van der Waals surface area contributed by atoms with Crippen molar-refractivity contribution in [1.82, 2.24) is 10.6 Å². The van der Waals surface area contributed by atoms with Gasteiger partial charge in [0.25, 0.3) is 0 Å². The highest BCUT2D eigenvalue weighted by Gasteiger charge is 2.05. The lowest BCUT2D eigenvalue weighted by Crippen LogP contribution is -2.37. The minimum absolute atomic E-state index is 0.239. The molecule has 2 N–H and O–H groups in total. The van der Waals surface area contributed by atoms with Gasteiger partial charge in [-0.15, -0.1) is 0 Å². The van der Waals surface area contributed by atoms with Gasteiger partial charge in [0.15, 0.2) is 11.5 Å². The molecule has 25 heavy (non-hydrogen) atoms. The van der Waals surface area contributed by atoms with Gasteiger partial charge in [-0.3, -0.25) is 0 Å². The number of carbonyl (C=O) groups is 1. The number of ether oxygens (including phenoxy) is 2. The van der Waals surface area contributed by atoms with E-state index in [0.29, 0.717) is 37.4 Å². The van der Waals surface area contributed by atoms with Crippen molar-refractivity contribution in [2.45, 2.75) is 12.8 Å². The third kappa shape index (κ3) is 5.99. The third-order valence-corrected chi connectivity index (χ3v) is 3.74. The lowest BCUT2D eigenvalue weighted by Gasteiger charge is -2.10. The molecule has 0 heterocycles. The summed E-state index contributed by atoms with van der Waals surface area (Å²) in [6.07, 6.45) is 1.26. The van der Waals surface area contributed by atoms with Crippen LogP contribution in [-0.4, -0.2) is 33.3 Å². The van der Waals surface area contributed by atoms with Crippen LogP contribution in [0.5, 0.6) is 11.5 Å². The fourth-order valence-electron chi connectivity index (χ4n) is 2.43. The smallest absolute Gasteiger partial charge is 0.314 e. The number of benzene rings is 2. The summed E-state index contributed by atoms with van der Waals surface area (Å²) < 4.78 is 23.5. The molecule has 0 unspecified atom stereocenters. The topological polar surface area (TPSA) is 59.6 Å². The van der Waals surface area contributed by atoms with Crippen LogP contribution in [0.3, 0.4) is 0 Å². The zero-order valence-electron chi connectivity index (χ0n) is 14.5. The van der Waals surface area contributed by atoms with Crippen LogP contribution >= 0.6 is 0 Å². The molecule has 0 saturated carbocycles. The van der Waals surface area contributed by atoms with Gasteiger partial charge >= 0.3 is 6.03 Å². The van der Waals surface area contributed by atoms with Gasteiger partial charge in [-0.2, -0.15) is 0 Å². The number of hydrogen-bond donors (Lipinski definition) is 2. The first-order valence-electron chi connectivity index (χ1n) is 8.09. The Balaban J connectivity index is 1.70. The molecule has 2 aromatic rings. The van der Waals surface area contributed by atoms with Gasteiger partial charge in [0, 0.05) is 13.1 Å². The number of halogens is 1. The van der Waals surface area contributed by atoms with Crippen molar-refractivity contribution in [3.8, 4) is 11.5 Å². The molecule has 0 fully saturated rings. The summed E-state index contributed by atoms with van der Waals surface area (Å²) in [4.78, 5) is 11.8. The van der Waals surface area contributed by atoms with Crippen molar-refractivity contribution >= 4 is 6.03 Å². The molecule has 0 radical (unpaired) electrons. The zero-order chi connectivity index (χ0) is 18.1. The average molecular weight is 346 g/mol. The van der Waals surface area contributed by atoms with E-state index in [-0.39, 0.29) is 11.8 Å². The number of amides is 2. The van der Waals surface area contributed by atoms with E-state index in [1.165, 1.54) is 12.1 Å². The summed E-state index contributed by atoms with van der Waals surface area (Å²) in [6, 6.07) is 11.8. The minimum Gasteiger partial charge on any atom is -0.493 e. The standard InChI is InChI=1S/C19H23FN2O3/c1-24-17-7-6-15(13-18(17)25-2)9-11-22-19(23)21-10-8-14-4-3-5-16(20)12-14/h3-7,12-13H,8-11H2,1-2H3,(H2,21,22,23). The maximum Gasteiger partial charge on any atom is 0.314 e. The largest absolute Gasteiger partial charge is 0.493 e. The lowest BCUT2D eigenvalue weighted by atomic mass is 10.1. The highest BCUT2D eigenvalue weighted by Crippen LogP contribution is 2.27. The summed E-state index contributed by atoms with van der Waals surface area (Å²) in [6.45, 7) is 0.951. The third-order valence-electron chi connectivity index (χ3n) is 3.74. The van der Waals surface area contributed by atoms with E-state index in [2.05, 4.69) is 10.6 Å². The van der Waals surface area contributed by atoms with E-state index >= 15 is 0 Å². The van der Waals surface area contributed by atoms with E-state index in [4.69, 9.17) is 9.47 Å². The summed E-state index contributed by atoms with van der Waals surface area (Å²) in [5, 5.41) is 5.56. The molecule has 0 saturated heterocycles. The molecule has 6 heteroatoms. The van der Waals surface area contributed by atoms with Gasteiger partial charge in [-0.1, -0.05) is 18.2 Å². The highest BCUT2D eigenvalue weighted by molar-refractivity contribution is 5.73. The van der Waals surface area contributed by atoms with Crippen molar-refractivity contribution in [2.24, 2.45) is 0 Å². The maximum absolute atomic E-state index is 13.1. The van der Waals surface area contributed by atoms with Crippen LogP contribution in [0.15, 0.2) is 42.5 Å². The van der Waals surface area contributed by atoms with Crippen molar-refractivity contribution in [1.29, 1.82) is 0 Å². The molecule has 0 spiro atoms. The SMILES string of the molecule is COc1ccc(CCNC(=O)NCCc2cccc(F)c2)cc1OC. The van der Waals surface area contributed by atoms with Gasteiger partial charge in [0.1, 0.15) is 5.82 Å². The van der Waals surface area contributed by atoms with Gasteiger partial charge in [0.05, 0.1) is 14.2 Å². The van der Waals surface area contributed by atoms with Gasteiger partial charge < -0.3 is 20.1 Å². The first-order valence-corrected chi connectivity index (χ1v) is 8.09. The highest BCUT2D eigenvalue weighted by atomic mass is 19.1. The Morgan fingerprint density at radius 1 is 0.920 bits per heavy atom. The van der Waals surface area contributed by atoms with Crippen LogP contribution in [0, 0.1) is 5.82 Å². The molecule has 0 bridgehead atoms. The second-order valence-corrected chi connectivity index (χ2v) is 5.50. The molecule has 0 aliphatic heterocycles. The minimum atomic E-state index is -0.267. The zero-order valence-corrected chi connectivity index (χ0v) is 14.5. The van der Waals surface area contributed by atoms with Crippen molar-refractivity contribution in [3.05, 3.63) is 59.4 Å². The Morgan fingerprint density at radius 3 is 2.16 bits per heavy atom. The normalized spacial score (nSPS) is 10.2. The number of rotatable bonds is 8. The quantitative estimate of drug-likeness (QED) is 0.773. The second kappa shape index (κ2) is 9.52. The van der Waals surface area contributed by atoms with Gasteiger partial charge in [0.2, 0.25) is 0 Å². The van der Waals surface area contributed by atoms with E-state index in [1.807, 2.05) is 24.3 Å². The molecule has 2 rings (SSSR count). The molecule has 2 aromatic carbocycles. The second-order valence-electron chi connectivity index (χ2n) is 5.50. The van der Waals surface area contributed by atoms with E-state index in [0.717, 1.165) is 11.1 Å². The fraction of sp³-hybridized carbons (Fsp3) is 0.316. The van der Waals surface area contributed by atoms with Crippen LogP contribution in [0.4, 0.5) is 9.18 Å². The molecule has 2 amide bonds. The van der Waals surface area contributed by atoms with Crippen LogP contribution in [0.25, 0.3) is 0 Å². The van der Waals surface area contributed by atoms with Gasteiger partial charge in [-0.05, 0) is 48.2 Å². The van der Waals surface area contributed by atoms with Crippen molar-refractivity contribution in [2.75, 3.05) is 27.3 Å². The van der Waals surface area contributed by atoms with Crippen LogP contribution in [0.2, 0.25) is 0 Å². The van der Waals surface area contributed by atoms with E-state index in [9.17, 15) is 9.18 Å². The Hall–Kier alpha value is -2.76. The molecular formula is C19H23FN2O3. The molecule has 0 aliphatic rings. The number of hydrogen-bond acceptors (Lipinski definition) is 3. The number of methoxy groups -OCH3 is 2. The summed E-state index contributed by atoms with van der Waals surface area (Å²) in [5.41, 5.74) is 1.89. The maximum atomic E-state index is 13.1. The monoisotopic (exact) mass is 346 g/mol.